The van der Waals surface area contributed by atoms with E-state index in [0.717, 1.165) is 60.4 Å². The van der Waals surface area contributed by atoms with Crippen LogP contribution < -0.4 is 10.5 Å². The van der Waals surface area contributed by atoms with E-state index in [1.165, 1.54) is 43.7 Å². The second-order valence-corrected chi connectivity index (χ2v) is 10.3. The van der Waals surface area contributed by atoms with Crippen LogP contribution in [0.25, 0.3) is 0 Å². The lowest BCUT2D eigenvalue weighted by atomic mass is 10.1. The van der Waals surface area contributed by atoms with Gasteiger partial charge in [0.15, 0.2) is 0 Å². The zero-order valence-electron chi connectivity index (χ0n) is 19.1. The summed E-state index contributed by atoms with van der Waals surface area (Å²) < 4.78 is 7.53. The van der Waals surface area contributed by atoms with Crippen LogP contribution in [0.1, 0.15) is 24.0 Å². The Balaban J connectivity index is 1.54. The molecule has 0 radical (unpaired) electrons. The molecule has 7 heteroatoms. The average Bonchev–Trinajstić information content (AvgIpc) is 2.78. The van der Waals surface area contributed by atoms with Crippen LogP contribution in [0.15, 0.2) is 51.4 Å². The third kappa shape index (κ3) is 8.43. The average molecular weight is 568 g/mol. The van der Waals surface area contributed by atoms with Crippen LogP contribution in [-0.2, 0) is 13.1 Å². The first-order valence-electron chi connectivity index (χ1n) is 11.5. The molecule has 0 unspecified atom stereocenters. The molecule has 0 aromatic heterocycles. The molecule has 1 fully saturated rings. The Morgan fingerprint density at radius 2 is 1.56 bits per heavy atom. The predicted octanol–water partition coefficient (Wildman–Crippen LogP) is 4.58. The Bertz CT molecular complexity index is 827. The molecule has 0 amide bonds. The second-order valence-electron chi connectivity index (χ2n) is 8.49. The van der Waals surface area contributed by atoms with Gasteiger partial charge in [0.25, 0.3) is 0 Å². The molecule has 0 saturated carbocycles. The highest BCUT2D eigenvalue weighted by Crippen LogP contribution is 2.26. The van der Waals surface area contributed by atoms with Crippen molar-refractivity contribution in [2.45, 2.75) is 25.9 Å². The van der Waals surface area contributed by atoms with Gasteiger partial charge in [-0.3, -0.25) is 4.90 Å². The van der Waals surface area contributed by atoms with Gasteiger partial charge in [0.05, 0.1) is 11.6 Å². The van der Waals surface area contributed by atoms with Gasteiger partial charge in [-0.1, -0.05) is 34.1 Å². The molecule has 1 aliphatic heterocycles. The largest absolute Gasteiger partial charge is 0.496 e. The van der Waals surface area contributed by atoms with Crippen molar-refractivity contribution < 1.29 is 4.74 Å². The van der Waals surface area contributed by atoms with E-state index < -0.39 is 0 Å². The van der Waals surface area contributed by atoms with Gasteiger partial charge in [0, 0.05) is 50.3 Å². The first-order valence-corrected chi connectivity index (χ1v) is 13.1. The quantitative estimate of drug-likeness (QED) is 0.407. The van der Waals surface area contributed by atoms with E-state index in [1.807, 2.05) is 6.07 Å². The number of rotatable bonds is 12. The van der Waals surface area contributed by atoms with Crippen molar-refractivity contribution in [3.8, 4) is 5.75 Å². The fraction of sp³-hybridized carbons (Fsp3) is 0.520. The third-order valence-electron chi connectivity index (χ3n) is 6.01. The van der Waals surface area contributed by atoms with E-state index >= 15 is 0 Å². The lowest BCUT2D eigenvalue weighted by Crippen LogP contribution is -2.47. The normalized spacial score (nSPS) is 15.4. The molecule has 0 bridgehead atoms. The number of halogens is 2. The monoisotopic (exact) mass is 566 g/mol. The second kappa shape index (κ2) is 13.7. The Morgan fingerprint density at radius 1 is 0.906 bits per heavy atom. The molecule has 176 valence electrons. The minimum absolute atomic E-state index is 0.790. The zero-order valence-corrected chi connectivity index (χ0v) is 22.3. The number of piperazine rings is 1. The number of ether oxygens (including phenoxy) is 1. The molecule has 0 atom stereocenters. The number of hydrogen-bond donors (Lipinski definition) is 1. The van der Waals surface area contributed by atoms with Crippen LogP contribution >= 0.6 is 31.9 Å². The fourth-order valence-electron chi connectivity index (χ4n) is 4.24. The molecule has 1 saturated heterocycles. The first-order chi connectivity index (χ1) is 15.6. The fourth-order valence-corrected chi connectivity index (χ4v) is 5.28. The van der Waals surface area contributed by atoms with Crippen molar-refractivity contribution in [3.63, 3.8) is 0 Å². The molecular formula is C25H36Br2N4O. The highest BCUT2D eigenvalue weighted by atomic mass is 79.9. The summed E-state index contributed by atoms with van der Waals surface area (Å²) in [5, 5.41) is 0. The van der Waals surface area contributed by atoms with E-state index in [9.17, 15) is 0 Å². The Kier molecular flexibility index (Phi) is 11.0. The van der Waals surface area contributed by atoms with Crippen LogP contribution in [-0.4, -0.2) is 74.2 Å². The van der Waals surface area contributed by atoms with Gasteiger partial charge >= 0.3 is 0 Å². The number of nitrogens with zero attached hydrogens (tertiary/aromatic N) is 3. The van der Waals surface area contributed by atoms with Crippen molar-refractivity contribution in [1.82, 2.24) is 14.7 Å². The molecule has 0 spiro atoms. The van der Waals surface area contributed by atoms with Gasteiger partial charge in [-0.15, -0.1) is 0 Å². The minimum Gasteiger partial charge on any atom is -0.496 e. The molecule has 2 aromatic rings. The summed E-state index contributed by atoms with van der Waals surface area (Å²) in [4.78, 5) is 7.71. The smallest absolute Gasteiger partial charge is 0.133 e. The summed E-state index contributed by atoms with van der Waals surface area (Å²) in [5.74, 6) is 0.873. The summed E-state index contributed by atoms with van der Waals surface area (Å²) >= 11 is 7.24. The van der Waals surface area contributed by atoms with Crippen molar-refractivity contribution >= 4 is 31.9 Å². The van der Waals surface area contributed by atoms with E-state index in [-0.39, 0.29) is 0 Å². The van der Waals surface area contributed by atoms with Gasteiger partial charge in [0.2, 0.25) is 0 Å². The Hall–Kier alpha value is -0.960. The van der Waals surface area contributed by atoms with Crippen LogP contribution in [0.4, 0.5) is 0 Å². The number of methoxy groups -OCH3 is 1. The highest BCUT2D eigenvalue weighted by molar-refractivity contribution is 9.10. The van der Waals surface area contributed by atoms with Crippen LogP contribution in [0.2, 0.25) is 0 Å². The molecule has 5 nitrogen and oxygen atoms in total. The van der Waals surface area contributed by atoms with Crippen molar-refractivity contribution in [2.75, 3.05) is 59.5 Å². The summed E-state index contributed by atoms with van der Waals surface area (Å²) in [7, 11) is 1.71. The maximum Gasteiger partial charge on any atom is 0.133 e. The van der Waals surface area contributed by atoms with Crippen molar-refractivity contribution in [3.05, 3.63) is 62.5 Å². The highest BCUT2D eigenvalue weighted by Gasteiger charge is 2.16. The lowest BCUT2D eigenvalue weighted by Gasteiger charge is -2.35. The van der Waals surface area contributed by atoms with E-state index in [4.69, 9.17) is 10.5 Å². The van der Waals surface area contributed by atoms with E-state index in [2.05, 4.69) is 83.0 Å². The number of benzene rings is 2. The maximum atomic E-state index is 5.66. The Morgan fingerprint density at radius 3 is 2.16 bits per heavy atom. The summed E-state index contributed by atoms with van der Waals surface area (Å²) in [6.07, 6.45) is 2.28. The van der Waals surface area contributed by atoms with Crippen LogP contribution in [0.3, 0.4) is 0 Å². The topological polar surface area (TPSA) is 45.0 Å². The van der Waals surface area contributed by atoms with Gasteiger partial charge in [-0.05, 0) is 83.8 Å². The molecular weight excluding hydrogens is 532 g/mol. The van der Waals surface area contributed by atoms with Gasteiger partial charge in [-0.25, -0.2) is 0 Å². The predicted molar refractivity (Wildman–Crippen MR) is 140 cm³/mol. The zero-order chi connectivity index (χ0) is 22.8. The van der Waals surface area contributed by atoms with Gasteiger partial charge < -0.3 is 20.3 Å². The molecule has 1 heterocycles. The van der Waals surface area contributed by atoms with Crippen LogP contribution in [0, 0.1) is 0 Å². The molecule has 0 aliphatic carbocycles. The van der Waals surface area contributed by atoms with Gasteiger partial charge in [0.1, 0.15) is 5.75 Å². The standard InChI is InChI=1S/C25H36Br2N4O/c1-32-25-8-7-22(18-24(25)27)20-31(19-21-5-2-6-23(26)17-21)12-4-11-30-15-13-29(14-16-30)10-3-9-28/h2,5-8,17-18H,3-4,9-16,19-20,28H2,1H3. The van der Waals surface area contributed by atoms with Crippen molar-refractivity contribution in [1.29, 1.82) is 0 Å². The molecule has 2 N–H and O–H groups in total. The summed E-state index contributed by atoms with van der Waals surface area (Å²) in [6, 6.07) is 15.0. The molecule has 3 rings (SSSR count). The Labute approximate surface area is 210 Å². The molecule has 32 heavy (non-hydrogen) atoms. The number of nitrogens with two attached hydrogens (primary N) is 1. The van der Waals surface area contributed by atoms with E-state index in [1.54, 1.807) is 7.11 Å². The third-order valence-corrected chi connectivity index (χ3v) is 7.12. The minimum atomic E-state index is 0.790. The maximum absolute atomic E-state index is 5.66. The summed E-state index contributed by atoms with van der Waals surface area (Å²) in [5.41, 5.74) is 8.28. The SMILES string of the molecule is COc1ccc(CN(CCCN2CCN(CCCN)CC2)Cc2cccc(Br)c2)cc1Br. The molecule has 1 aliphatic rings. The van der Waals surface area contributed by atoms with Gasteiger partial charge in [-0.2, -0.15) is 0 Å². The van der Waals surface area contributed by atoms with Crippen molar-refractivity contribution in [2.24, 2.45) is 5.73 Å². The van der Waals surface area contributed by atoms with Crippen LogP contribution in [0.5, 0.6) is 5.75 Å². The lowest BCUT2D eigenvalue weighted by molar-refractivity contribution is 0.125. The summed E-state index contributed by atoms with van der Waals surface area (Å²) in [6.45, 7) is 10.7. The molecule has 2 aromatic carbocycles. The van der Waals surface area contributed by atoms with E-state index in [0.29, 0.717) is 0 Å². The first kappa shape index (κ1) is 25.7. The number of hydrogen-bond acceptors (Lipinski definition) is 5.